The van der Waals surface area contributed by atoms with Crippen LogP contribution < -0.4 is 0 Å². The average Bonchev–Trinajstić information content (AvgIpc) is 2.75. The van der Waals surface area contributed by atoms with E-state index >= 15 is 0 Å². The Balaban J connectivity index is -0.0000000214. The van der Waals surface area contributed by atoms with Gasteiger partial charge >= 0.3 is 0 Å². The van der Waals surface area contributed by atoms with Crippen molar-refractivity contribution in [3.63, 3.8) is 0 Å². The fourth-order valence-electron chi connectivity index (χ4n) is 0. The van der Waals surface area contributed by atoms with Crippen molar-refractivity contribution in [2.75, 3.05) is 0 Å². The fourth-order valence-corrected chi connectivity index (χ4v) is 0. The van der Waals surface area contributed by atoms with E-state index in [-0.39, 0.29) is 47.8 Å². The van der Waals surface area contributed by atoms with Crippen LogP contribution in [0.4, 0.5) is 0 Å². The molecule has 0 fully saturated rings. The minimum atomic E-state index is 0. The number of unbranched alkanes of at least 4 members (excludes halogenated alkanes) is 6. The SMILES string of the molecule is C#C.CCCC.CCCC.CCCC.CCCC.CCCC.CCCC.[Sn].[Sn]. The summed E-state index contributed by atoms with van der Waals surface area (Å²) in [5, 5.41) is 0. The average molecular weight is 612 g/mol. The predicted molar refractivity (Wildman–Crippen MR) is 145 cm³/mol. The van der Waals surface area contributed by atoms with Crippen LogP contribution in [0.15, 0.2) is 0 Å². The monoisotopic (exact) mass is 614 g/mol. The van der Waals surface area contributed by atoms with Gasteiger partial charge in [0.05, 0.1) is 0 Å². The fraction of sp³-hybridized carbons (Fsp3) is 0.923. The van der Waals surface area contributed by atoms with Crippen LogP contribution in [-0.2, 0) is 0 Å². The van der Waals surface area contributed by atoms with Gasteiger partial charge in [0.25, 0.3) is 0 Å². The van der Waals surface area contributed by atoms with E-state index in [1.165, 1.54) is 77.0 Å². The quantitative estimate of drug-likeness (QED) is 0.207. The molecule has 0 N–H and O–H groups in total. The molecule has 0 aromatic heterocycles. The second-order valence-corrected chi connectivity index (χ2v) is 6.00. The van der Waals surface area contributed by atoms with Crippen molar-refractivity contribution in [2.24, 2.45) is 0 Å². The van der Waals surface area contributed by atoms with E-state index in [4.69, 9.17) is 0 Å². The molecule has 0 spiro atoms. The van der Waals surface area contributed by atoms with E-state index in [1.807, 2.05) is 0 Å². The van der Waals surface area contributed by atoms with Gasteiger partial charge in [0, 0.05) is 47.8 Å². The summed E-state index contributed by atoms with van der Waals surface area (Å²) in [6.07, 6.45) is 23.8. The molecule has 0 nitrogen and oxygen atoms in total. The molecule has 0 aromatic carbocycles. The molecule has 0 atom stereocenters. The van der Waals surface area contributed by atoms with Crippen LogP contribution in [-0.4, -0.2) is 47.8 Å². The second kappa shape index (κ2) is 120. The van der Waals surface area contributed by atoms with Crippen molar-refractivity contribution in [3.05, 3.63) is 0 Å². The molecular formula is C26H62Sn2. The van der Waals surface area contributed by atoms with Gasteiger partial charge in [-0.25, -0.2) is 0 Å². The van der Waals surface area contributed by atoms with Crippen LogP contribution >= 0.6 is 0 Å². The molecule has 0 aromatic rings. The van der Waals surface area contributed by atoms with Crippen molar-refractivity contribution < 1.29 is 0 Å². The summed E-state index contributed by atoms with van der Waals surface area (Å²) >= 11 is 0. The van der Waals surface area contributed by atoms with Gasteiger partial charge in [-0.15, -0.1) is 12.8 Å². The van der Waals surface area contributed by atoms with Gasteiger partial charge in [0.15, 0.2) is 0 Å². The molecule has 0 amide bonds. The zero-order valence-electron chi connectivity index (χ0n) is 22.6. The third-order valence-electron chi connectivity index (χ3n) is 3.00. The normalized spacial score (nSPS) is 6.50. The van der Waals surface area contributed by atoms with Crippen molar-refractivity contribution in [3.8, 4) is 12.8 Å². The molecule has 0 aliphatic heterocycles. The van der Waals surface area contributed by atoms with Crippen LogP contribution in [0.3, 0.4) is 0 Å². The summed E-state index contributed by atoms with van der Waals surface area (Å²) in [5.41, 5.74) is 0. The summed E-state index contributed by atoms with van der Waals surface area (Å²) in [6, 6.07) is 0. The molecule has 0 heterocycles. The first kappa shape index (κ1) is 56.9. The minimum Gasteiger partial charge on any atom is -0.124 e. The largest absolute Gasteiger partial charge is 0.124 e. The Hall–Kier alpha value is 1.16. The number of rotatable bonds is 6. The van der Waals surface area contributed by atoms with Crippen LogP contribution in [0, 0.1) is 12.8 Å². The van der Waals surface area contributed by atoms with E-state index in [9.17, 15) is 0 Å². The Bertz CT molecular complexity index is 79.8. The van der Waals surface area contributed by atoms with Gasteiger partial charge < -0.3 is 0 Å². The molecule has 0 saturated heterocycles. The predicted octanol–water partition coefficient (Wildman–Crippen LogP) is 10.3. The second-order valence-electron chi connectivity index (χ2n) is 6.00. The van der Waals surface area contributed by atoms with Crippen molar-refractivity contribution in [1.82, 2.24) is 0 Å². The molecule has 0 unspecified atom stereocenters. The Morgan fingerprint density at radius 1 is 0.250 bits per heavy atom. The maximum atomic E-state index is 4.00. The number of hydrogen-bond acceptors (Lipinski definition) is 0. The van der Waals surface area contributed by atoms with Gasteiger partial charge in [-0.3, -0.25) is 0 Å². The number of terminal acetylenes is 1. The van der Waals surface area contributed by atoms with E-state index in [0.717, 1.165) is 0 Å². The van der Waals surface area contributed by atoms with Crippen molar-refractivity contribution in [1.29, 1.82) is 0 Å². The van der Waals surface area contributed by atoms with Gasteiger partial charge in [-0.2, -0.15) is 0 Å². The molecule has 0 aliphatic rings. The Kier molecular flexibility index (Phi) is 244. The van der Waals surface area contributed by atoms with Crippen LogP contribution in [0.5, 0.6) is 0 Å². The van der Waals surface area contributed by atoms with E-state index < -0.39 is 0 Å². The summed E-state index contributed by atoms with van der Waals surface area (Å²) in [7, 11) is 0. The molecule has 0 rings (SSSR count). The van der Waals surface area contributed by atoms with Gasteiger partial charge in [-0.1, -0.05) is 160 Å². The van der Waals surface area contributed by atoms with Gasteiger partial charge in [-0.05, 0) is 0 Å². The minimum absolute atomic E-state index is 0. The maximum Gasteiger partial charge on any atom is 0 e. The number of hydrogen-bond donors (Lipinski definition) is 0. The molecule has 28 heavy (non-hydrogen) atoms. The summed E-state index contributed by atoms with van der Waals surface area (Å²) in [5.74, 6) is 0. The molecule has 0 bridgehead atoms. The van der Waals surface area contributed by atoms with Crippen molar-refractivity contribution >= 4 is 47.8 Å². The maximum absolute atomic E-state index is 4.00. The summed E-state index contributed by atoms with van der Waals surface area (Å²) in [6.45, 7) is 26.2. The smallest absolute Gasteiger partial charge is 0 e. The molecule has 0 aliphatic carbocycles. The topological polar surface area (TPSA) is 0 Å². The third-order valence-corrected chi connectivity index (χ3v) is 3.00. The van der Waals surface area contributed by atoms with Gasteiger partial charge in [0.1, 0.15) is 0 Å². The first-order valence-corrected chi connectivity index (χ1v) is 11.8. The standard InChI is InChI=1S/6C4H10.C2H2.2Sn/c6*1-3-4-2;1-2;;/h6*3-4H2,1-2H3;1-2H;;. The van der Waals surface area contributed by atoms with E-state index in [1.54, 1.807) is 0 Å². The third kappa shape index (κ3) is 363. The van der Waals surface area contributed by atoms with E-state index in [2.05, 4.69) is 95.9 Å². The zero-order valence-corrected chi connectivity index (χ0v) is 28.3. The Morgan fingerprint density at radius 3 is 0.286 bits per heavy atom. The molecule has 0 saturated carbocycles. The Morgan fingerprint density at radius 2 is 0.286 bits per heavy atom. The Labute approximate surface area is 219 Å². The van der Waals surface area contributed by atoms with Crippen molar-refractivity contribution in [2.45, 2.75) is 160 Å². The molecule has 174 valence electrons. The summed E-state index contributed by atoms with van der Waals surface area (Å²) in [4.78, 5) is 0. The van der Waals surface area contributed by atoms with Gasteiger partial charge in [0.2, 0.25) is 0 Å². The summed E-state index contributed by atoms with van der Waals surface area (Å²) < 4.78 is 0. The van der Waals surface area contributed by atoms with Crippen LogP contribution in [0.2, 0.25) is 0 Å². The molecule has 2 heteroatoms. The zero-order chi connectivity index (χ0) is 22.5. The first-order chi connectivity index (χ1) is 12.5. The molecule has 8 radical (unpaired) electrons. The molecular weight excluding hydrogens is 550 g/mol. The first-order valence-electron chi connectivity index (χ1n) is 11.8. The van der Waals surface area contributed by atoms with Crippen LogP contribution in [0.25, 0.3) is 0 Å². The van der Waals surface area contributed by atoms with Crippen LogP contribution in [0.1, 0.15) is 160 Å². The van der Waals surface area contributed by atoms with E-state index in [0.29, 0.717) is 0 Å².